The summed E-state index contributed by atoms with van der Waals surface area (Å²) < 4.78 is 5.90. The number of piperidine rings is 1. The number of amides is 1. The van der Waals surface area contributed by atoms with Gasteiger partial charge in [-0.3, -0.25) is 4.79 Å². The molecule has 3 nitrogen and oxygen atoms in total. The van der Waals surface area contributed by atoms with E-state index >= 15 is 0 Å². The molecule has 0 saturated carbocycles. The second-order valence-electron chi connectivity index (χ2n) is 5.03. The van der Waals surface area contributed by atoms with Gasteiger partial charge in [-0.2, -0.15) is 0 Å². The second kappa shape index (κ2) is 6.01. The number of nitrogens with zero attached hydrogens (tertiary/aromatic N) is 1. The molecule has 98 valence electrons. The number of benzene rings is 1. The SMILES string of the molecule is CC(=O)N1CCCC(OCc2ccc(C)cc2)C1. The molecule has 0 aromatic heterocycles. The first-order valence-electron chi connectivity index (χ1n) is 6.58. The van der Waals surface area contributed by atoms with E-state index in [4.69, 9.17) is 4.74 Å². The first-order chi connectivity index (χ1) is 8.65. The van der Waals surface area contributed by atoms with E-state index in [9.17, 15) is 4.79 Å². The van der Waals surface area contributed by atoms with Gasteiger partial charge in [0, 0.05) is 20.0 Å². The summed E-state index contributed by atoms with van der Waals surface area (Å²) in [7, 11) is 0. The minimum atomic E-state index is 0.152. The highest BCUT2D eigenvalue weighted by Crippen LogP contribution is 2.15. The van der Waals surface area contributed by atoms with Crippen molar-refractivity contribution in [3.8, 4) is 0 Å². The summed E-state index contributed by atoms with van der Waals surface area (Å²) >= 11 is 0. The molecule has 1 heterocycles. The molecule has 1 unspecified atom stereocenters. The smallest absolute Gasteiger partial charge is 0.219 e. The Morgan fingerprint density at radius 2 is 2.11 bits per heavy atom. The molecular weight excluding hydrogens is 226 g/mol. The number of rotatable bonds is 3. The van der Waals surface area contributed by atoms with Crippen molar-refractivity contribution in [2.75, 3.05) is 13.1 Å². The lowest BCUT2D eigenvalue weighted by atomic mass is 10.1. The molecular formula is C15H21NO2. The lowest BCUT2D eigenvalue weighted by molar-refractivity contribution is -0.133. The average molecular weight is 247 g/mol. The van der Waals surface area contributed by atoms with Crippen LogP contribution in [-0.4, -0.2) is 30.0 Å². The van der Waals surface area contributed by atoms with Crippen molar-refractivity contribution in [2.24, 2.45) is 0 Å². The molecule has 0 radical (unpaired) electrons. The fraction of sp³-hybridized carbons (Fsp3) is 0.533. The van der Waals surface area contributed by atoms with Crippen molar-refractivity contribution >= 4 is 5.91 Å². The number of hydrogen-bond acceptors (Lipinski definition) is 2. The highest BCUT2D eigenvalue weighted by atomic mass is 16.5. The van der Waals surface area contributed by atoms with Crippen molar-refractivity contribution in [3.63, 3.8) is 0 Å². The Kier molecular flexibility index (Phi) is 4.37. The van der Waals surface area contributed by atoms with Crippen LogP contribution in [0.1, 0.15) is 30.9 Å². The first kappa shape index (κ1) is 13.1. The van der Waals surface area contributed by atoms with E-state index in [0.29, 0.717) is 6.61 Å². The molecule has 18 heavy (non-hydrogen) atoms. The summed E-state index contributed by atoms with van der Waals surface area (Å²) in [5, 5.41) is 0. The van der Waals surface area contributed by atoms with Crippen LogP contribution in [0.2, 0.25) is 0 Å². The third-order valence-electron chi connectivity index (χ3n) is 3.43. The van der Waals surface area contributed by atoms with Gasteiger partial charge in [-0.1, -0.05) is 29.8 Å². The standard InChI is InChI=1S/C15H21NO2/c1-12-5-7-14(8-6-12)11-18-15-4-3-9-16(10-15)13(2)17/h5-8,15H,3-4,9-11H2,1-2H3. The summed E-state index contributed by atoms with van der Waals surface area (Å²) in [6, 6.07) is 8.39. The Labute approximate surface area is 109 Å². The summed E-state index contributed by atoms with van der Waals surface area (Å²) in [5.41, 5.74) is 2.46. The van der Waals surface area contributed by atoms with Crippen molar-refractivity contribution in [1.29, 1.82) is 0 Å². The third kappa shape index (κ3) is 3.57. The monoisotopic (exact) mass is 247 g/mol. The van der Waals surface area contributed by atoms with E-state index in [1.165, 1.54) is 11.1 Å². The van der Waals surface area contributed by atoms with Gasteiger partial charge in [0.15, 0.2) is 0 Å². The van der Waals surface area contributed by atoms with Crippen LogP contribution < -0.4 is 0 Å². The quantitative estimate of drug-likeness (QED) is 0.821. The fourth-order valence-electron chi connectivity index (χ4n) is 2.26. The van der Waals surface area contributed by atoms with Gasteiger partial charge in [0.2, 0.25) is 5.91 Å². The van der Waals surface area contributed by atoms with E-state index in [-0.39, 0.29) is 12.0 Å². The van der Waals surface area contributed by atoms with E-state index in [1.54, 1.807) is 6.92 Å². The average Bonchev–Trinajstić information content (AvgIpc) is 2.38. The summed E-state index contributed by atoms with van der Waals surface area (Å²) in [4.78, 5) is 13.2. The number of hydrogen-bond donors (Lipinski definition) is 0. The summed E-state index contributed by atoms with van der Waals surface area (Å²) in [6.45, 7) is 5.95. The van der Waals surface area contributed by atoms with Gasteiger partial charge < -0.3 is 9.64 Å². The zero-order valence-corrected chi connectivity index (χ0v) is 11.2. The minimum absolute atomic E-state index is 0.152. The van der Waals surface area contributed by atoms with Crippen molar-refractivity contribution in [3.05, 3.63) is 35.4 Å². The molecule has 0 spiro atoms. The predicted octanol–water partition coefficient (Wildman–Crippen LogP) is 2.52. The van der Waals surface area contributed by atoms with Crippen LogP contribution in [0, 0.1) is 6.92 Å². The molecule has 1 aromatic carbocycles. The highest BCUT2D eigenvalue weighted by Gasteiger charge is 2.21. The van der Waals surface area contributed by atoms with Gasteiger partial charge in [0.25, 0.3) is 0 Å². The molecule has 1 fully saturated rings. The molecule has 1 aromatic rings. The molecule has 1 amide bonds. The number of likely N-dealkylation sites (tertiary alicyclic amines) is 1. The van der Waals surface area contributed by atoms with Gasteiger partial charge in [-0.15, -0.1) is 0 Å². The van der Waals surface area contributed by atoms with Crippen LogP contribution in [0.3, 0.4) is 0 Å². The molecule has 0 bridgehead atoms. The van der Waals surface area contributed by atoms with Gasteiger partial charge in [-0.05, 0) is 25.3 Å². The molecule has 0 N–H and O–H groups in total. The molecule has 1 aliphatic heterocycles. The maximum absolute atomic E-state index is 11.3. The van der Waals surface area contributed by atoms with Gasteiger partial charge >= 0.3 is 0 Å². The zero-order valence-electron chi connectivity index (χ0n) is 11.2. The largest absolute Gasteiger partial charge is 0.372 e. The van der Waals surface area contributed by atoms with Crippen LogP contribution >= 0.6 is 0 Å². The Morgan fingerprint density at radius 3 is 2.78 bits per heavy atom. The van der Waals surface area contributed by atoms with E-state index in [2.05, 4.69) is 31.2 Å². The molecule has 1 saturated heterocycles. The number of aryl methyl sites for hydroxylation is 1. The summed E-state index contributed by atoms with van der Waals surface area (Å²) in [5.74, 6) is 0.152. The van der Waals surface area contributed by atoms with Crippen LogP contribution in [0.5, 0.6) is 0 Å². The van der Waals surface area contributed by atoms with E-state index in [1.807, 2.05) is 4.90 Å². The second-order valence-corrected chi connectivity index (χ2v) is 5.03. The Balaban J connectivity index is 1.82. The molecule has 1 aliphatic rings. The first-order valence-corrected chi connectivity index (χ1v) is 6.58. The zero-order chi connectivity index (χ0) is 13.0. The Bertz CT molecular complexity index is 399. The van der Waals surface area contributed by atoms with Gasteiger partial charge in [0.05, 0.1) is 12.7 Å². The van der Waals surface area contributed by atoms with Gasteiger partial charge in [-0.25, -0.2) is 0 Å². The Morgan fingerprint density at radius 1 is 1.39 bits per heavy atom. The van der Waals surface area contributed by atoms with Crippen LogP contribution in [-0.2, 0) is 16.1 Å². The fourth-order valence-corrected chi connectivity index (χ4v) is 2.26. The van der Waals surface area contributed by atoms with E-state index in [0.717, 1.165) is 25.9 Å². The molecule has 3 heteroatoms. The molecule has 0 aliphatic carbocycles. The number of ether oxygens (including phenoxy) is 1. The van der Waals surface area contributed by atoms with Gasteiger partial charge in [0.1, 0.15) is 0 Å². The van der Waals surface area contributed by atoms with Crippen molar-refractivity contribution in [1.82, 2.24) is 4.90 Å². The lowest BCUT2D eigenvalue weighted by Crippen LogP contribution is -2.42. The van der Waals surface area contributed by atoms with Crippen LogP contribution in [0.15, 0.2) is 24.3 Å². The van der Waals surface area contributed by atoms with Crippen molar-refractivity contribution in [2.45, 2.75) is 39.4 Å². The molecule has 2 rings (SSSR count). The summed E-state index contributed by atoms with van der Waals surface area (Å²) in [6.07, 6.45) is 2.28. The predicted molar refractivity (Wildman–Crippen MR) is 71.2 cm³/mol. The Hall–Kier alpha value is -1.35. The van der Waals surface area contributed by atoms with E-state index < -0.39 is 0 Å². The van der Waals surface area contributed by atoms with Crippen LogP contribution in [0.25, 0.3) is 0 Å². The number of carbonyl (C=O) groups is 1. The lowest BCUT2D eigenvalue weighted by Gasteiger charge is -2.32. The normalized spacial score (nSPS) is 19.9. The number of carbonyl (C=O) groups excluding carboxylic acids is 1. The van der Waals surface area contributed by atoms with Crippen LogP contribution in [0.4, 0.5) is 0 Å². The molecule has 1 atom stereocenters. The maximum Gasteiger partial charge on any atom is 0.219 e. The maximum atomic E-state index is 11.3. The topological polar surface area (TPSA) is 29.5 Å². The highest BCUT2D eigenvalue weighted by molar-refractivity contribution is 5.73. The van der Waals surface area contributed by atoms with Crippen molar-refractivity contribution < 1.29 is 9.53 Å². The third-order valence-corrected chi connectivity index (χ3v) is 3.43. The minimum Gasteiger partial charge on any atom is -0.372 e.